The Balaban J connectivity index is 3.73. The predicted molar refractivity (Wildman–Crippen MR) is 114 cm³/mol. The zero-order valence-electron chi connectivity index (χ0n) is 18.0. The average molecular weight is 337 g/mol. The van der Waals surface area contributed by atoms with Gasteiger partial charge in [0.2, 0.25) is 0 Å². The molecule has 144 valence electrons. The third-order valence-corrected chi connectivity index (χ3v) is 5.86. The third kappa shape index (κ3) is 14.4. The van der Waals surface area contributed by atoms with Crippen molar-refractivity contribution in [1.82, 2.24) is 0 Å². The van der Waals surface area contributed by atoms with E-state index in [1.165, 1.54) is 77.9 Å². The lowest BCUT2D eigenvalue weighted by Crippen LogP contribution is -2.14. The summed E-state index contributed by atoms with van der Waals surface area (Å²) >= 11 is 0. The smallest absolute Gasteiger partial charge is 0.126 e. The first kappa shape index (κ1) is 24.0. The minimum absolute atomic E-state index is 0.485. The number of nitrogens with two attached hydrogens (primary N) is 1. The number of unbranched alkanes of at least 4 members (excludes halogenated alkanes) is 1. The Labute approximate surface area is 155 Å². The second-order valence-corrected chi connectivity index (χ2v) is 9.57. The molecule has 0 fully saturated rings. The fraction of sp³-hybridized carbons (Fsp3) is 1.00. The monoisotopic (exact) mass is 337 g/mol. The van der Waals surface area contributed by atoms with Crippen molar-refractivity contribution >= 4 is 7.28 Å². The highest BCUT2D eigenvalue weighted by molar-refractivity contribution is 6.39. The van der Waals surface area contributed by atoms with E-state index in [9.17, 15) is 0 Å². The van der Waals surface area contributed by atoms with Crippen LogP contribution in [0.25, 0.3) is 0 Å². The Bertz CT molecular complexity index is 277. The van der Waals surface area contributed by atoms with Gasteiger partial charge in [-0.15, -0.1) is 0 Å². The molecule has 0 bridgehead atoms. The van der Waals surface area contributed by atoms with Crippen molar-refractivity contribution < 1.29 is 0 Å². The van der Waals surface area contributed by atoms with Crippen molar-refractivity contribution in [2.24, 2.45) is 17.1 Å². The standard InChI is InChI=1S/C22H48BN/c1-7-8-12-19(2)13-9-14-20(3)23-21(4)15-10-16-22(5,6)17-11-18-24/h19-21,23H,7-18,24H2,1-6H3. The number of hydrogen-bond donors (Lipinski definition) is 1. The highest BCUT2D eigenvalue weighted by Gasteiger charge is 2.18. The van der Waals surface area contributed by atoms with Gasteiger partial charge in [0, 0.05) is 0 Å². The molecule has 0 aliphatic heterocycles. The van der Waals surface area contributed by atoms with Crippen LogP contribution in [-0.2, 0) is 0 Å². The third-order valence-electron chi connectivity index (χ3n) is 5.86. The summed E-state index contributed by atoms with van der Waals surface area (Å²) in [6.45, 7) is 15.3. The summed E-state index contributed by atoms with van der Waals surface area (Å²) in [5.74, 6) is 2.73. The molecule has 0 aliphatic carbocycles. The van der Waals surface area contributed by atoms with E-state index in [-0.39, 0.29) is 0 Å². The summed E-state index contributed by atoms with van der Waals surface area (Å²) in [5.41, 5.74) is 6.14. The topological polar surface area (TPSA) is 26.0 Å². The Hall–Kier alpha value is 0.0249. The molecule has 0 spiro atoms. The molecular formula is C22H48BN. The number of rotatable bonds is 16. The average Bonchev–Trinajstić information content (AvgIpc) is 2.50. The molecule has 0 saturated carbocycles. The van der Waals surface area contributed by atoms with Gasteiger partial charge in [-0.3, -0.25) is 0 Å². The molecule has 2 N–H and O–H groups in total. The molecule has 0 aliphatic rings. The maximum absolute atomic E-state index is 5.65. The lowest BCUT2D eigenvalue weighted by Gasteiger charge is -2.25. The van der Waals surface area contributed by atoms with E-state index in [1.807, 2.05) is 0 Å². The van der Waals surface area contributed by atoms with Crippen LogP contribution < -0.4 is 5.73 Å². The summed E-state index contributed by atoms with van der Waals surface area (Å²) in [5, 5.41) is 0. The normalized spacial score (nSPS) is 16.0. The zero-order valence-corrected chi connectivity index (χ0v) is 18.0. The van der Waals surface area contributed by atoms with E-state index in [0.29, 0.717) is 5.41 Å². The van der Waals surface area contributed by atoms with E-state index < -0.39 is 0 Å². The van der Waals surface area contributed by atoms with Gasteiger partial charge in [-0.2, -0.15) is 0 Å². The minimum atomic E-state index is 0.485. The molecule has 3 atom stereocenters. The molecule has 0 saturated heterocycles. The maximum Gasteiger partial charge on any atom is 0.126 e. The second kappa shape index (κ2) is 14.2. The summed E-state index contributed by atoms with van der Waals surface area (Å²) in [6.07, 6.45) is 15.1. The molecule has 3 unspecified atom stereocenters. The van der Waals surface area contributed by atoms with Gasteiger partial charge < -0.3 is 5.73 Å². The summed E-state index contributed by atoms with van der Waals surface area (Å²) < 4.78 is 0. The van der Waals surface area contributed by atoms with Gasteiger partial charge in [0.1, 0.15) is 7.28 Å². The van der Waals surface area contributed by atoms with Gasteiger partial charge in [0.15, 0.2) is 0 Å². The summed E-state index contributed by atoms with van der Waals surface area (Å²) in [7, 11) is 1.42. The SMILES string of the molecule is CCCCC(C)CCCC(C)BC(C)CCCC(C)(C)CCCN. The molecule has 24 heavy (non-hydrogen) atoms. The molecule has 0 radical (unpaired) electrons. The van der Waals surface area contributed by atoms with Crippen LogP contribution in [-0.4, -0.2) is 13.8 Å². The summed E-state index contributed by atoms with van der Waals surface area (Å²) in [6, 6.07) is 0. The maximum atomic E-state index is 5.65. The molecule has 0 aromatic carbocycles. The molecule has 0 rings (SSSR count). The van der Waals surface area contributed by atoms with Crippen molar-refractivity contribution in [3.05, 3.63) is 0 Å². The highest BCUT2D eigenvalue weighted by Crippen LogP contribution is 2.31. The Morgan fingerprint density at radius 2 is 1.33 bits per heavy atom. The van der Waals surface area contributed by atoms with Crippen LogP contribution in [0, 0.1) is 11.3 Å². The van der Waals surface area contributed by atoms with Crippen molar-refractivity contribution in [1.29, 1.82) is 0 Å². The van der Waals surface area contributed by atoms with Crippen molar-refractivity contribution in [2.45, 2.75) is 124 Å². The lowest BCUT2D eigenvalue weighted by molar-refractivity contribution is 0.289. The first-order chi connectivity index (χ1) is 11.3. The van der Waals surface area contributed by atoms with Crippen molar-refractivity contribution in [2.75, 3.05) is 6.54 Å². The van der Waals surface area contributed by atoms with Gasteiger partial charge >= 0.3 is 0 Å². The van der Waals surface area contributed by atoms with Crippen LogP contribution in [0.3, 0.4) is 0 Å². The second-order valence-electron chi connectivity index (χ2n) is 9.57. The summed E-state index contributed by atoms with van der Waals surface area (Å²) in [4.78, 5) is 0. The first-order valence-corrected chi connectivity index (χ1v) is 11.0. The number of hydrogen-bond acceptors (Lipinski definition) is 1. The van der Waals surface area contributed by atoms with E-state index in [4.69, 9.17) is 5.73 Å². The fourth-order valence-corrected chi connectivity index (χ4v) is 4.07. The van der Waals surface area contributed by atoms with Gasteiger partial charge in [0.05, 0.1) is 0 Å². The van der Waals surface area contributed by atoms with Gasteiger partial charge in [-0.05, 0) is 37.1 Å². The molecule has 0 amide bonds. The molecule has 0 aromatic rings. The van der Waals surface area contributed by atoms with Gasteiger partial charge in [-0.1, -0.05) is 105 Å². The van der Waals surface area contributed by atoms with Crippen LogP contribution in [0.2, 0.25) is 11.6 Å². The molecule has 0 aromatic heterocycles. The fourth-order valence-electron chi connectivity index (χ4n) is 4.07. The van der Waals surface area contributed by atoms with Crippen LogP contribution >= 0.6 is 0 Å². The highest BCUT2D eigenvalue weighted by atomic mass is 14.5. The van der Waals surface area contributed by atoms with Crippen LogP contribution in [0.4, 0.5) is 0 Å². The zero-order chi connectivity index (χ0) is 18.4. The molecular weight excluding hydrogens is 289 g/mol. The van der Waals surface area contributed by atoms with Crippen LogP contribution in [0.1, 0.15) is 112 Å². The van der Waals surface area contributed by atoms with Gasteiger partial charge in [0.25, 0.3) is 0 Å². The van der Waals surface area contributed by atoms with Crippen LogP contribution in [0.5, 0.6) is 0 Å². The van der Waals surface area contributed by atoms with E-state index in [0.717, 1.165) is 24.1 Å². The molecule has 0 heterocycles. The molecule has 2 heteroatoms. The molecule has 1 nitrogen and oxygen atoms in total. The predicted octanol–water partition coefficient (Wildman–Crippen LogP) is 6.97. The van der Waals surface area contributed by atoms with E-state index in [1.54, 1.807) is 0 Å². The van der Waals surface area contributed by atoms with Crippen molar-refractivity contribution in [3.8, 4) is 0 Å². The van der Waals surface area contributed by atoms with E-state index >= 15 is 0 Å². The largest absolute Gasteiger partial charge is 0.330 e. The first-order valence-electron chi connectivity index (χ1n) is 11.0. The Morgan fingerprint density at radius 1 is 0.792 bits per heavy atom. The Kier molecular flexibility index (Phi) is 14.2. The van der Waals surface area contributed by atoms with Crippen molar-refractivity contribution in [3.63, 3.8) is 0 Å². The van der Waals surface area contributed by atoms with Gasteiger partial charge in [-0.25, -0.2) is 0 Å². The quantitative estimate of drug-likeness (QED) is 0.302. The van der Waals surface area contributed by atoms with Crippen LogP contribution in [0.15, 0.2) is 0 Å². The Morgan fingerprint density at radius 3 is 1.92 bits per heavy atom. The van der Waals surface area contributed by atoms with E-state index in [2.05, 4.69) is 41.5 Å². The lowest BCUT2D eigenvalue weighted by atomic mass is 9.53. The minimum Gasteiger partial charge on any atom is -0.330 e.